The molecule has 0 aliphatic heterocycles. The van der Waals surface area contributed by atoms with Crippen molar-refractivity contribution in [3.63, 3.8) is 0 Å². The highest BCUT2D eigenvalue weighted by molar-refractivity contribution is 6.21. The lowest BCUT2D eigenvalue weighted by Gasteiger charge is -2.10. The SMILES string of the molecule is CCOc1ccc(/C(=C/c2ccc(CC)cc2)C(=O)O)c(C)c1. The van der Waals surface area contributed by atoms with Gasteiger partial charge < -0.3 is 9.84 Å². The first-order valence-corrected chi connectivity index (χ1v) is 7.83. The van der Waals surface area contributed by atoms with Crippen molar-refractivity contribution >= 4 is 17.6 Å². The first-order chi connectivity index (χ1) is 11.0. The topological polar surface area (TPSA) is 46.5 Å². The number of aryl methyl sites for hydroxylation is 2. The molecule has 1 N–H and O–H groups in total. The molecule has 120 valence electrons. The number of carboxylic acids is 1. The molecule has 0 unspecified atom stereocenters. The largest absolute Gasteiger partial charge is 0.494 e. The van der Waals surface area contributed by atoms with Crippen LogP contribution in [0.25, 0.3) is 11.6 Å². The van der Waals surface area contributed by atoms with Crippen LogP contribution in [0.1, 0.15) is 36.1 Å². The Morgan fingerprint density at radius 1 is 1.13 bits per heavy atom. The Balaban J connectivity index is 2.41. The fraction of sp³-hybridized carbons (Fsp3) is 0.250. The van der Waals surface area contributed by atoms with Gasteiger partial charge in [-0.25, -0.2) is 4.79 Å². The third-order valence-electron chi connectivity index (χ3n) is 3.73. The van der Waals surface area contributed by atoms with E-state index < -0.39 is 5.97 Å². The quantitative estimate of drug-likeness (QED) is 0.627. The van der Waals surface area contributed by atoms with Gasteiger partial charge in [0.25, 0.3) is 0 Å². The first kappa shape index (κ1) is 16.8. The predicted octanol–water partition coefficient (Wildman–Crippen LogP) is 4.58. The molecule has 3 heteroatoms. The van der Waals surface area contributed by atoms with E-state index in [-0.39, 0.29) is 5.57 Å². The molecule has 2 aromatic carbocycles. The van der Waals surface area contributed by atoms with Gasteiger partial charge >= 0.3 is 5.97 Å². The molecule has 3 nitrogen and oxygen atoms in total. The highest BCUT2D eigenvalue weighted by atomic mass is 16.5. The van der Waals surface area contributed by atoms with Crippen molar-refractivity contribution in [1.82, 2.24) is 0 Å². The van der Waals surface area contributed by atoms with Gasteiger partial charge in [0.2, 0.25) is 0 Å². The van der Waals surface area contributed by atoms with Gasteiger partial charge in [-0.1, -0.05) is 37.3 Å². The number of hydrogen-bond acceptors (Lipinski definition) is 2. The highest BCUT2D eigenvalue weighted by Gasteiger charge is 2.13. The Bertz CT molecular complexity index is 712. The number of rotatable bonds is 6. The zero-order valence-electron chi connectivity index (χ0n) is 13.8. The predicted molar refractivity (Wildman–Crippen MR) is 93.7 cm³/mol. The summed E-state index contributed by atoms with van der Waals surface area (Å²) in [6.45, 7) is 6.50. The molecule has 0 aliphatic carbocycles. The van der Waals surface area contributed by atoms with Crippen LogP contribution in [-0.2, 0) is 11.2 Å². The van der Waals surface area contributed by atoms with Gasteiger partial charge in [0.05, 0.1) is 12.2 Å². The monoisotopic (exact) mass is 310 g/mol. The fourth-order valence-electron chi connectivity index (χ4n) is 2.47. The molecular weight excluding hydrogens is 288 g/mol. The smallest absolute Gasteiger partial charge is 0.336 e. The fourth-order valence-corrected chi connectivity index (χ4v) is 2.47. The van der Waals surface area contributed by atoms with E-state index in [1.165, 1.54) is 5.56 Å². The highest BCUT2D eigenvalue weighted by Crippen LogP contribution is 2.26. The van der Waals surface area contributed by atoms with Crippen molar-refractivity contribution in [2.45, 2.75) is 27.2 Å². The van der Waals surface area contributed by atoms with Gasteiger partial charge in [0.15, 0.2) is 0 Å². The van der Waals surface area contributed by atoms with Gasteiger partial charge in [0.1, 0.15) is 5.75 Å². The van der Waals surface area contributed by atoms with E-state index >= 15 is 0 Å². The molecule has 0 fully saturated rings. The van der Waals surface area contributed by atoms with Crippen molar-refractivity contribution in [2.24, 2.45) is 0 Å². The second-order valence-electron chi connectivity index (χ2n) is 5.37. The molecule has 0 saturated heterocycles. The number of aliphatic carboxylic acids is 1. The molecule has 0 saturated carbocycles. The Morgan fingerprint density at radius 2 is 1.83 bits per heavy atom. The zero-order chi connectivity index (χ0) is 16.8. The van der Waals surface area contributed by atoms with Crippen LogP contribution in [0.4, 0.5) is 0 Å². The lowest BCUT2D eigenvalue weighted by atomic mass is 9.97. The van der Waals surface area contributed by atoms with Crippen LogP contribution in [-0.4, -0.2) is 17.7 Å². The van der Waals surface area contributed by atoms with Crippen LogP contribution in [0.5, 0.6) is 5.75 Å². The van der Waals surface area contributed by atoms with Crippen LogP contribution in [0.3, 0.4) is 0 Å². The minimum absolute atomic E-state index is 0.287. The number of carboxylic acid groups (broad SMARTS) is 1. The Kier molecular flexibility index (Phi) is 5.58. The van der Waals surface area contributed by atoms with Gasteiger partial charge in [0, 0.05) is 0 Å². The number of carbonyl (C=O) groups is 1. The van der Waals surface area contributed by atoms with Crippen molar-refractivity contribution in [2.75, 3.05) is 6.61 Å². The van der Waals surface area contributed by atoms with Crippen molar-refractivity contribution in [3.05, 3.63) is 64.7 Å². The molecule has 0 heterocycles. The minimum Gasteiger partial charge on any atom is -0.494 e. The van der Waals surface area contributed by atoms with Crippen molar-refractivity contribution in [1.29, 1.82) is 0 Å². The second-order valence-corrected chi connectivity index (χ2v) is 5.37. The summed E-state index contributed by atoms with van der Waals surface area (Å²) in [7, 11) is 0. The second kappa shape index (κ2) is 7.63. The average Bonchev–Trinajstić information content (AvgIpc) is 2.54. The van der Waals surface area contributed by atoms with Gasteiger partial charge in [-0.2, -0.15) is 0 Å². The Hall–Kier alpha value is -2.55. The molecule has 0 aromatic heterocycles. The van der Waals surface area contributed by atoms with Gasteiger partial charge in [-0.05, 0) is 60.7 Å². The number of ether oxygens (including phenoxy) is 1. The number of hydrogen-bond donors (Lipinski definition) is 1. The lowest BCUT2D eigenvalue weighted by Crippen LogP contribution is -2.02. The summed E-state index contributed by atoms with van der Waals surface area (Å²) in [6, 6.07) is 13.4. The van der Waals surface area contributed by atoms with E-state index in [0.717, 1.165) is 23.3 Å². The van der Waals surface area contributed by atoms with Gasteiger partial charge in [-0.15, -0.1) is 0 Å². The van der Waals surface area contributed by atoms with Gasteiger partial charge in [-0.3, -0.25) is 0 Å². The molecule has 0 bridgehead atoms. The molecular formula is C20H22O3. The summed E-state index contributed by atoms with van der Waals surface area (Å²) in [5.41, 5.74) is 3.99. The van der Waals surface area contributed by atoms with Crippen molar-refractivity contribution < 1.29 is 14.6 Å². The molecule has 0 aliphatic rings. The minimum atomic E-state index is -0.933. The van der Waals surface area contributed by atoms with E-state index in [2.05, 4.69) is 6.92 Å². The molecule has 2 aromatic rings. The molecule has 2 rings (SSSR count). The van der Waals surface area contributed by atoms with Crippen molar-refractivity contribution in [3.8, 4) is 5.75 Å². The van der Waals surface area contributed by atoms with Crippen LogP contribution in [0.2, 0.25) is 0 Å². The maximum atomic E-state index is 11.7. The summed E-state index contributed by atoms with van der Waals surface area (Å²) < 4.78 is 5.46. The van der Waals surface area contributed by atoms with Crippen LogP contribution in [0, 0.1) is 6.92 Å². The van der Waals surface area contributed by atoms with Crippen LogP contribution < -0.4 is 4.74 Å². The summed E-state index contributed by atoms with van der Waals surface area (Å²) in [5.74, 6) is -0.178. The van der Waals surface area contributed by atoms with E-state index in [1.807, 2.05) is 50.2 Å². The zero-order valence-corrected chi connectivity index (χ0v) is 13.8. The number of benzene rings is 2. The third kappa shape index (κ3) is 4.22. The summed E-state index contributed by atoms with van der Waals surface area (Å²) >= 11 is 0. The molecule has 0 spiro atoms. The van der Waals surface area contributed by atoms with Crippen LogP contribution in [0.15, 0.2) is 42.5 Å². The molecule has 0 radical (unpaired) electrons. The normalized spacial score (nSPS) is 11.3. The third-order valence-corrected chi connectivity index (χ3v) is 3.73. The Labute approximate surface area is 137 Å². The average molecular weight is 310 g/mol. The lowest BCUT2D eigenvalue weighted by molar-refractivity contribution is -0.130. The first-order valence-electron chi connectivity index (χ1n) is 7.83. The summed E-state index contributed by atoms with van der Waals surface area (Å²) in [4.78, 5) is 11.7. The molecule has 23 heavy (non-hydrogen) atoms. The van der Waals surface area contributed by atoms with E-state index in [4.69, 9.17) is 4.74 Å². The summed E-state index contributed by atoms with van der Waals surface area (Å²) in [5, 5.41) is 9.59. The molecule has 0 atom stereocenters. The maximum absolute atomic E-state index is 11.7. The van der Waals surface area contributed by atoms with Crippen LogP contribution >= 0.6 is 0 Å². The Morgan fingerprint density at radius 3 is 2.35 bits per heavy atom. The molecule has 0 amide bonds. The standard InChI is InChI=1S/C20H22O3/c1-4-15-6-8-16(9-7-15)13-19(20(21)22)18-11-10-17(23-5-2)12-14(18)3/h6-13H,4-5H2,1-3H3,(H,21,22)/b19-13-. The van der Waals surface area contributed by atoms with E-state index in [0.29, 0.717) is 12.2 Å². The maximum Gasteiger partial charge on any atom is 0.336 e. The van der Waals surface area contributed by atoms with E-state index in [1.54, 1.807) is 12.1 Å². The van der Waals surface area contributed by atoms with E-state index in [9.17, 15) is 9.90 Å². The summed E-state index contributed by atoms with van der Waals surface area (Å²) in [6.07, 6.45) is 2.68.